The number of aromatic nitrogens is 3. The standard InChI is InChI=1S/C23H23ClN4/c1-23(2,3)20-13-21(25-14-16-9-5-4-6-10-16)28-22(27-20)18(15-26-28)17-11-7-8-12-19(17)24/h4-13,15,25H,14H2,1-3H3. The van der Waals surface area contributed by atoms with E-state index in [1.165, 1.54) is 5.56 Å². The van der Waals surface area contributed by atoms with Gasteiger partial charge in [-0.1, -0.05) is 80.9 Å². The Hall–Kier alpha value is -2.85. The second-order valence-electron chi connectivity index (χ2n) is 7.89. The van der Waals surface area contributed by atoms with Gasteiger partial charge in [0.1, 0.15) is 5.82 Å². The topological polar surface area (TPSA) is 42.2 Å². The molecule has 2 aromatic heterocycles. The first-order valence-electron chi connectivity index (χ1n) is 9.35. The van der Waals surface area contributed by atoms with E-state index in [-0.39, 0.29) is 5.41 Å². The Kier molecular flexibility index (Phi) is 4.82. The number of hydrogen-bond acceptors (Lipinski definition) is 3. The van der Waals surface area contributed by atoms with Crippen molar-refractivity contribution in [3.8, 4) is 11.1 Å². The minimum atomic E-state index is -0.0903. The maximum atomic E-state index is 6.45. The monoisotopic (exact) mass is 390 g/mol. The lowest BCUT2D eigenvalue weighted by Crippen LogP contribution is -2.16. The summed E-state index contributed by atoms with van der Waals surface area (Å²) >= 11 is 6.45. The van der Waals surface area contributed by atoms with Gasteiger partial charge in [0.05, 0.1) is 11.9 Å². The van der Waals surface area contributed by atoms with E-state index in [1.54, 1.807) is 0 Å². The molecule has 0 aliphatic rings. The highest BCUT2D eigenvalue weighted by atomic mass is 35.5. The van der Waals surface area contributed by atoms with Crippen LogP contribution >= 0.6 is 11.6 Å². The lowest BCUT2D eigenvalue weighted by molar-refractivity contribution is 0.568. The van der Waals surface area contributed by atoms with E-state index in [0.717, 1.165) is 28.3 Å². The normalized spacial score (nSPS) is 11.7. The highest BCUT2D eigenvalue weighted by Crippen LogP contribution is 2.33. The van der Waals surface area contributed by atoms with Crippen LogP contribution in [0.3, 0.4) is 0 Å². The SMILES string of the molecule is CC(C)(C)c1cc(NCc2ccccc2)n2ncc(-c3ccccc3Cl)c2n1. The van der Waals surface area contributed by atoms with Crippen LogP contribution in [0.15, 0.2) is 66.9 Å². The van der Waals surface area contributed by atoms with Crippen molar-refractivity contribution in [1.82, 2.24) is 14.6 Å². The summed E-state index contributed by atoms with van der Waals surface area (Å²) in [7, 11) is 0. The van der Waals surface area contributed by atoms with E-state index in [2.05, 4.69) is 49.4 Å². The Morgan fingerprint density at radius 3 is 2.39 bits per heavy atom. The van der Waals surface area contributed by atoms with Crippen LogP contribution in [-0.4, -0.2) is 14.6 Å². The van der Waals surface area contributed by atoms with Gasteiger partial charge in [-0.15, -0.1) is 0 Å². The van der Waals surface area contributed by atoms with E-state index < -0.39 is 0 Å². The molecule has 0 amide bonds. The number of benzene rings is 2. The number of hydrogen-bond donors (Lipinski definition) is 1. The minimum absolute atomic E-state index is 0.0903. The molecule has 0 radical (unpaired) electrons. The van der Waals surface area contributed by atoms with Gasteiger partial charge in [-0.05, 0) is 11.6 Å². The van der Waals surface area contributed by atoms with Crippen LogP contribution in [-0.2, 0) is 12.0 Å². The van der Waals surface area contributed by atoms with Gasteiger partial charge in [0.2, 0.25) is 0 Å². The Morgan fingerprint density at radius 2 is 1.68 bits per heavy atom. The summed E-state index contributed by atoms with van der Waals surface area (Å²) in [6, 6.07) is 20.2. The van der Waals surface area contributed by atoms with Gasteiger partial charge in [0, 0.05) is 34.2 Å². The zero-order valence-corrected chi connectivity index (χ0v) is 17.0. The van der Waals surface area contributed by atoms with E-state index in [4.69, 9.17) is 16.6 Å². The molecule has 0 saturated carbocycles. The van der Waals surface area contributed by atoms with Gasteiger partial charge in [-0.3, -0.25) is 0 Å². The van der Waals surface area contributed by atoms with Crippen molar-refractivity contribution >= 4 is 23.1 Å². The molecule has 0 spiro atoms. The third-order valence-corrected chi connectivity index (χ3v) is 5.05. The van der Waals surface area contributed by atoms with Crippen molar-refractivity contribution < 1.29 is 0 Å². The molecule has 5 heteroatoms. The Labute approximate surface area is 170 Å². The van der Waals surface area contributed by atoms with Crippen LogP contribution < -0.4 is 5.32 Å². The van der Waals surface area contributed by atoms with Crippen LogP contribution in [0.25, 0.3) is 16.8 Å². The molecule has 28 heavy (non-hydrogen) atoms. The summed E-state index contributed by atoms with van der Waals surface area (Å²) in [5, 5.41) is 8.82. The maximum absolute atomic E-state index is 6.45. The largest absolute Gasteiger partial charge is 0.366 e. The van der Waals surface area contributed by atoms with Gasteiger partial charge >= 0.3 is 0 Å². The van der Waals surface area contributed by atoms with Crippen molar-refractivity contribution in [2.75, 3.05) is 5.32 Å². The van der Waals surface area contributed by atoms with Crippen LogP contribution in [0.2, 0.25) is 5.02 Å². The molecule has 142 valence electrons. The molecule has 4 nitrogen and oxygen atoms in total. The summed E-state index contributed by atoms with van der Waals surface area (Å²) < 4.78 is 1.86. The molecular weight excluding hydrogens is 368 g/mol. The number of nitrogens with one attached hydrogen (secondary N) is 1. The molecule has 4 aromatic rings. The summed E-state index contributed by atoms with van der Waals surface area (Å²) in [6.07, 6.45) is 1.84. The molecule has 0 saturated heterocycles. The Balaban J connectivity index is 1.84. The Morgan fingerprint density at radius 1 is 0.964 bits per heavy atom. The molecule has 0 atom stereocenters. The summed E-state index contributed by atoms with van der Waals surface area (Å²) in [6.45, 7) is 7.21. The van der Waals surface area contributed by atoms with Gasteiger partial charge in [-0.25, -0.2) is 4.98 Å². The first-order valence-corrected chi connectivity index (χ1v) is 9.73. The number of rotatable bonds is 4. The molecule has 1 N–H and O–H groups in total. The first kappa shape index (κ1) is 18.5. The molecule has 0 bridgehead atoms. The van der Waals surface area contributed by atoms with E-state index in [1.807, 2.05) is 53.2 Å². The van der Waals surface area contributed by atoms with Gasteiger partial charge in [0.15, 0.2) is 5.65 Å². The van der Waals surface area contributed by atoms with Gasteiger partial charge in [-0.2, -0.15) is 9.61 Å². The fourth-order valence-corrected chi connectivity index (χ4v) is 3.37. The summed E-state index contributed by atoms with van der Waals surface area (Å²) in [5.74, 6) is 0.914. The van der Waals surface area contributed by atoms with E-state index in [0.29, 0.717) is 11.6 Å². The van der Waals surface area contributed by atoms with Gasteiger partial charge in [0.25, 0.3) is 0 Å². The maximum Gasteiger partial charge on any atom is 0.165 e. The van der Waals surface area contributed by atoms with Crippen LogP contribution in [0.1, 0.15) is 32.0 Å². The number of anilines is 1. The molecule has 0 aliphatic carbocycles. The predicted octanol–water partition coefficient (Wildman–Crippen LogP) is 5.96. The molecule has 0 fully saturated rings. The van der Waals surface area contributed by atoms with Crippen LogP contribution in [0.4, 0.5) is 5.82 Å². The second-order valence-corrected chi connectivity index (χ2v) is 8.30. The molecule has 0 unspecified atom stereocenters. The lowest BCUT2D eigenvalue weighted by Gasteiger charge is -2.20. The lowest BCUT2D eigenvalue weighted by atomic mass is 9.92. The Bertz CT molecular complexity index is 1110. The quantitative estimate of drug-likeness (QED) is 0.467. The van der Waals surface area contributed by atoms with Crippen molar-refractivity contribution in [3.63, 3.8) is 0 Å². The fraction of sp³-hybridized carbons (Fsp3) is 0.217. The highest BCUT2D eigenvalue weighted by molar-refractivity contribution is 6.33. The second kappa shape index (κ2) is 7.28. The van der Waals surface area contributed by atoms with Crippen molar-refractivity contribution in [1.29, 1.82) is 0 Å². The smallest absolute Gasteiger partial charge is 0.165 e. The zero-order valence-electron chi connectivity index (χ0n) is 16.3. The molecule has 4 rings (SSSR count). The molecule has 2 aromatic carbocycles. The van der Waals surface area contributed by atoms with Crippen LogP contribution in [0, 0.1) is 0 Å². The van der Waals surface area contributed by atoms with Gasteiger partial charge < -0.3 is 5.32 Å². The molecular formula is C23H23ClN4. The predicted molar refractivity (Wildman–Crippen MR) is 116 cm³/mol. The van der Waals surface area contributed by atoms with Crippen LogP contribution in [0.5, 0.6) is 0 Å². The average Bonchev–Trinajstić information content (AvgIpc) is 3.10. The molecule has 2 heterocycles. The molecule has 0 aliphatic heterocycles. The zero-order chi connectivity index (χ0) is 19.7. The first-order chi connectivity index (χ1) is 13.4. The minimum Gasteiger partial charge on any atom is -0.366 e. The average molecular weight is 391 g/mol. The van der Waals surface area contributed by atoms with Crippen molar-refractivity contribution in [2.45, 2.75) is 32.7 Å². The fourth-order valence-electron chi connectivity index (χ4n) is 3.13. The van der Waals surface area contributed by atoms with Crippen molar-refractivity contribution in [2.24, 2.45) is 0 Å². The number of nitrogens with zero attached hydrogens (tertiary/aromatic N) is 3. The number of halogens is 1. The highest BCUT2D eigenvalue weighted by Gasteiger charge is 2.21. The van der Waals surface area contributed by atoms with E-state index in [9.17, 15) is 0 Å². The third kappa shape index (κ3) is 3.60. The summed E-state index contributed by atoms with van der Waals surface area (Å²) in [5.41, 5.74) is 4.79. The third-order valence-electron chi connectivity index (χ3n) is 4.72. The summed E-state index contributed by atoms with van der Waals surface area (Å²) in [4.78, 5) is 4.94. The number of fused-ring (bicyclic) bond motifs is 1. The van der Waals surface area contributed by atoms with Crippen molar-refractivity contribution in [3.05, 3.63) is 83.1 Å². The van der Waals surface area contributed by atoms with E-state index >= 15 is 0 Å².